The van der Waals surface area contributed by atoms with E-state index in [1.807, 2.05) is 12.1 Å². The molecule has 5 nitrogen and oxygen atoms in total. The predicted molar refractivity (Wildman–Crippen MR) is 74.9 cm³/mol. The maximum absolute atomic E-state index is 11.9. The fourth-order valence-electron chi connectivity index (χ4n) is 1.70. The topological polar surface area (TPSA) is 71.5 Å². The first-order valence-corrected chi connectivity index (χ1v) is 5.95. The van der Waals surface area contributed by atoms with Crippen molar-refractivity contribution in [2.24, 2.45) is 0 Å². The normalized spacial score (nSPS) is 10.2. The van der Waals surface area contributed by atoms with Gasteiger partial charge in [-0.05, 0) is 30.3 Å². The number of carbonyl (C=O) groups is 1. The molecule has 0 bridgehead atoms. The molecule has 5 heteroatoms. The molecule has 1 aromatic heterocycles. The molecule has 0 aliphatic rings. The van der Waals surface area contributed by atoms with E-state index in [0.717, 1.165) is 11.4 Å². The van der Waals surface area contributed by atoms with Crippen LogP contribution in [0.2, 0.25) is 0 Å². The van der Waals surface area contributed by atoms with Gasteiger partial charge in [0.1, 0.15) is 5.76 Å². The Kier molecular flexibility index (Phi) is 3.75. The highest BCUT2D eigenvalue weighted by Crippen LogP contribution is 2.21. The number of hydrogen-bond donors (Lipinski definition) is 2. The highest BCUT2D eigenvalue weighted by atomic mass is 16.3. The van der Waals surface area contributed by atoms with E-state index in [4.69, 9.17) is 10.2 Å². The molecular weight excluding hydrogens is 242 g/mol. The van der Waals surface area contributed by atoms with Gasteiger partial charge in [-0.3, -0.25) is 4.79 Å². The summed E-state index contributed by atoms with van der Waals surface area (Å²) in [6.45, 7) is 0.525. The molecule has 2 aromatic rings. The molecule has 0 saturated heterocycles. The number of nitrogens with zero attached hydrogens (tertiary/aromatic N) is 1. The minimum Gasteiger partial charge on any atom is -0.467 e. The molecule has 2 rings (SSSR count). The molecule has 0 spiro atoms. The summed E-state index contributed by atoms with van der Waals surface area (Å²) >= 11 is 0. The Bertz CT molecular complexity index is 562. The molecular formula is C14H17N3O2. The van der Waals surface area contributed by atoms with E-state index < -0.39 is 0 Å². The number of nitrogen functional groups attached to an aromatic ring is 1. The second kappa shape index (κ2) is 5.48. The van der Waals surface area contributed by atoms with Crippen molar-refractivity contribution in [2.45, 2.75) is 6.54 Å². The van der Waals surface area contributed by atoms with E-state index in [-0.39, 0.29) is 5.91 Å². The monoisotopic (exact) mass is 259 g/mol. The lowest BCUT2D eigenvalue weighted by Crippen LogP contribution is -2.21. The van der Waals surface area contributed by atoms with Crippen molar-refractivity contribution < 1.29 is 9.21 Å². The van der Waals surface area contributed by atoms with Gasteiger partial charge in [0, 0.05) is 19.7 Å². The first kappa shape index (κ1) is 13.0. The summed E-state index contributed by atoms with van der Waals surface area (Å²) in [5.74, 6) is 0.754. The van der Waals surface area contributed by atoms with Crippen LogP contribution in [0, 0.1) is 0 Å². The van der Waals surface area contributed by atoms with E-state index in [1.54, 1.807) is 38.6 Å². The third-order valence-corrected chi connectivity index (χ3v) is 2.74. The van der Waals surface area contributed by atoms with Crippen LogP contribution in [-0.2, 0) is 6.54 Å². The standard InChI is InChI=1S/C14H17N3O2/c1-17(2)14(18)10-5-6-12(15)13(8-10)16-9-11-4-3-7-19-11/h3-8,16H,9,15H2,1-2H3. The zero-order valence-electron chi connectivity index (χ0n) is 11.0. The maximum atomic E-state index is 11.9. The van der Waals surface area contributed by atoms with Gasteiger partial charge in [0.25, 0.3) is 5.91 Å². The van der Waals surface area contributed by atoms with Crippen LogP contribution >= 0.6 is 0 Å². The lowest BCUT2D eigenvalue weighted by atomic mass is 10.1. The van der Waals surface area contributed by atoms with Gasteiger partial charge in [0.15, 0.2) is 0 Å². The molecule has 19 heavy (non-hydrogen) atoms. The first-order valence-electron chi connectivity index (χ1n) is 5.95. The molecule has 0 aliphatic carbocycles. The number of benzene rings is 1. The minimum absolute atomic E-state index is 0.0546. The first-order chi connectivity index (χ1) is 9.08. The quantitative estimate of drug-likeness (QED) is 0.825. The highest BCUT2D eigenvalue weighted by Gasteiger charge is 2.10. The fraction of sp³-hybridized carbons (Fsp3) is 0.214. The summed E-state index contributed by atoms with van der Waals surface area (Å²) in [5.41, 5.74) is 7.81. The molecule has 0 atom stereocenters. The predicted octanol–water partition coefficient (Wildman–Crippen LogP) is 2.18. The molecule has 0 fully saturated rings. The molecule has 1 aromatic carbocycles. The van der Waals surface area contributed by atoms with Crippen molar-refractivity contribution in [2.75, 3.05) is 25.1 Å². The Labute approximate surface area is 112 Å². The van der Waals surface area contributed by atoms with Crippen LogP contribution in [0.15, 0.2) is 41.0 Å². The summed E-state index contributed by atoms with van der Waals surface area (Å²) in [7, 11) is 3.43. The number of furan rings is 1. The highest BCUT2D eigenvalue weighted by molar-refractivity contribution is 5.95. The zero-order valence-corrected chi connectivity index (χ0v) is 11.0. The van der Waals surface area contributed by atoms with Crippen LogP contribution in [0.4, 0.5) is 11.4 Å². The summed E-state index contributed by atoms with van der Waals surface area (Å²) in [6, 6.07) is 8.89. The zero-order chi connectivity index (χ0) is 13.8. The van der Waals surface area contributed by atoms with Crippen LogP contribution in [0.25, 0.3) is 0 Å². The molecule has 0 aliphatic heterocycles. The SMILES string of the molecule is CN(C)C(=O)c1ccc(N)c(NCc2ccco2)c1. The summed E-state index contributed by atoms with van der Waals surface area (Å²) in [5, 5.41) is 3.16. The van der Waals surface area contributed by atoms with Gasteiger partial charge in [-0.25, -0.2) is 0 Å². The van der Waals surface area contributed by atoms with Crippen molar-refractivity contribution in [1.82, 2.24) is 4.90 Å². The second-order valence-corrected chi connectivity index (χ2v) is 4.43. The van der Waals surface area contributed by atoms with Crippen LogP contribution in [0.5, 0.6) is 0 Å². The Morgan fingerprint density at radius 3 is 2.79 bits per heavy atom. The Hall–Kier alpha value is -2.43. The van der Waals surface area contributed by atoms with Crippen LogP contribution in [-0.4, -0.2) is 24.9 Å². The van der Waals surface area contributed by atoms with Crippen molar-refractivity contribution >= 4 is 17.3 Å². The fourth-order valence-corrected chi connectivity index (χ4v) is 1.70. The third kappa shape index (κ3) is 3.07. The number of rotatable bonds is 4. The minimum atomic E-state index is -0.0546. The summed E-state index contributed by atoms with van der Waals surface area (Å²) in [6.07, 6.45) is 1.62. The van der Waals surface area contributed by atoms with E-state index in [2.05, 4.69) is 5.32 Å². The Morgan fingerprint density at radius 2 is 2.16 bits per heavy atom. The Balaban J connectivity index is 2.15. The summed E-state index contributed by atoms with van der Waals surface area (Å²) < 4.78 is 5.23. The van der Waals surface area contributed by atoms with E-state index in [1.165, 1.54) is 4.90 Å². The summed E-state index contributed by atoms with van der Waals surface area (Å²) in [4.78, 5) is 13.4. The lowest BCUT2D eigenvalue weighted by molar-refractivity contribution is 0.0827. The van der Waals surface area contributed by atoms with Gasteiger partial charge in [-0.1, -0.05) is 0 Å². The number of amides is 1. The Morgan fingerprint density at radius 1 is 1.37 bits per heavy atom. The molecule has 1 amide bonds. The number of nitrogens with two attached hydrogens (primary N) is 1. The van der Waals surface area contributed by atoms with Crippen molar-refractivity contribution in [1.29, 1.82) is 0 Å². The van der Waals surface area contributed by atoms with Gasteiger partial charge in [0.2, 0.25) is 0 Å². The average molecular weight is 259 g/mol. The molecule has 100 valence electrons. The molecule has 1 heterocycles. The third-order valence-electron chi connectivity index (χ3n) is 2.74. The number of anilines is 2. The largest absolute Gasteiger partial charge is 0.467 e. The molecule has 0 saturated carbocycles. The van der Waals surface area contributed by atoms with Gasteiger partial charge in [0.05, 0.1) is 24.2 Å². The number of nitrogens with one attached hydrogen (secondary N) is 1. The molecule has 0 unspecified atom stereocenters. The lowest BCUT2D eigenvalue weighted by Gasteiger charge is -2.13. The number of carbonyl (C=O) groups excluding carboxylic acids is 1. The maximum Gasteiger partial charge on any atom is 0.253 e. The molecule has 0 radical (unpaired) electrons. The van der Waals surface area contributed by atoms with E-state index in [0.29, 0.717) is 17.8 Å². The smallest absolute Gasteiger partial charge is 0.253 e. The van der Waals surface area contributed by atoms with Crippen molar-refractivity contribution in [3.05, 3.63) is 47.9 Å². The van der Waals surface area contributed by atoms with Crippen molar-refractivity contribution in [3.63, 3.8) is 0 Å². The van der Waals surface area contributed by atoms with Crippen molar-refractivity contribution in [3.8, 4) is 0 Å². The average Bonchev–Trinajstić information content (AvgIpc) is 2.90. The van der Waals surface area contributed by atoms with Crippen LogP contribution in [0.3, 0.4) is 0 Å². The second-order valence-electron chi connectivity index (χ2n) is 4.43. The van der Waals surface area contributed by atoms with E-state index >= 15 is 0 Å². The van der Waals surface area contributed by atoms with Gasteiger partial charge in [-0.2, -0.15) is 0 Å². The van der Waals surface area contributed by atoms with E-state index in [9.17, 15) is 4.79 Å². The van der Waals surface area contributed by atoms with Crippen LogP contribution in [0.1, 0.15) is 16.1 Å². The molecule has 3 N–H and O–H groups in total. The van der Waals surface area contributed by atoms with Crippen LogP contribution < -0.4 is 11.1 Å². The number of hydrogen-bond acceptors (Lipinski definition) is 4. The van der Waals surface area contributed by atoms with Gasteiger partial charge >= 0.3 is 0 Å². The van der Waals surface area contributed by atoms with Gasteiger partial charge in [-0.15, -0.1) is 0 Å². The van der Waals surface area contributed by atoms with Gasteiger partial charge < -0.3 is 20.4 Å².